The molecule has 8 nitrogen and oxygen atoms in total. The number of carboxylic acids is 1. The van der Waals surface area contributed by atoms with Gasteiger partial charge in [0.1, 0.15) is 5.82 Å². The Morgan fingerprint density at radius 2 is 1.88 bits per heavy atom. The minimum absolute atomic E-state index is 0.0794. The van der Waals surface area contributed by atoms with Crippen LogP contribution >= 0.6 is 11.6 Å². The van der Waals surface area contributed by atoms with Gasteiger partial charge in [-0.2, -0.15) is 0 Å². The molecule has 9 heteroatoms. The molecule has 0 saturated carbocycles. The zero-order valence-electron chi connectivity index (χ0n) is 18.6. The van der Waals surface area contributed by atoms with Crippen LogP contribution in [0.5, 0.6) is 0 Å². The van der Waals surface area contributed by atoms with Crippen molar-refractivity contribution in [3.05, 3.63) is 93.0 Å². The second-order valence-corrected chi connectivity index (χ2v) is 8.38. The number of carbonyl (C=O) groups excluding carboxylic acids is 1. The van der Waals surface area contributed by atoms with E-state index in [0.717, 1.165) is 33.5 Å². The Hall–Kier alpha value is -4.04. The molecule has 0 radical (unpaired) electrons. The van der Waals surface area contributed by atoms with E-state index in [9.17, 15) is 14.7 Å². The van der Waals surface area contributed by atoms with E-state index in [2.05, 4.69) is 20.3 Å². The Morgan fingerprint density at radius 1 is 1.09 bits per heavy atom. The molecule has 0 atom stereocenters. The molecule has 3 aromatic heterocycles. The van der Waals surface area contributed by atoms with E-state index in [1.165, 1.54) is 0 Å². The van der Waals surface area contributed by atoms with Crippen LogP contribution in [-0.4, -0.2) is 31.9 Å². The number of aromatic carboxylic acids is 1. The van der Waals surface area contributed by atoms with Gasteiger partial charge < -0.3 is 16.2 Å². The van der Waals surface area contributed by atoms with Crippen molar-refractivity contribution in [1.82, 2.24) is 20.3 Å². The number of anilines is 1. The molecule has 4 rings (SSSR count). The molecule has 0 fully saturated rings. The highest BCUT2D eigenvalue weighted by Crippen LogP contribution is 2.23. The van der Waals surface area contributed by atoms with Crippen molar-refractivity contribution in [3.8, 4) is 0 Å². The van der Waals surface area contributed by atoms with E-state index in [1.54, 1.807) is 36.5 Å². The average Bonchev–Trinajstić information content (AvgIpc) is 2.77. The first kappa shape index (κ1) is 23.1. The lowest BCUT2D eigenvalue weighted by Gasteiger charge is -2.12. The summed E-state index contributed by atoms with van der Waals surface area (Å²) in [6.45, 7) is 4.15. The van der Waals surface area contributed by atoms with Gasteiger partial charge in [-0.25, -0.2) is 14.8 Å². The number of aromatic nitrogens is 3. The van der Waals surface area contributed by atoms with Crippen LogP contribution in [0.4, 0.5) is 5.82 Å². The number of pyridine rings is 3. The van der Waals surface area contributed by atoms with Crippen molar-refractivity contribution in [2.24, 2.45) is 0 Å². The number of halogens is 1. The number of rotatable bonds is 6. The molecule has 0 spiro atoms. The van der Waals surface area contributed by atoms with E-state index in [0.29, 0.717) is 29.9 Å². The van der Waals surface area contributed by atoms with Crippen molar-refractivity contribution >= 4 is 40.2 Å². The number of carbonyl (C=O) groups is 2. The van der Waals surface area contributed by atoms with Crippen molar-refractivity contribution in [1.29, 1.82) is 0 Å². The van der Waals surface area contributed by atoms with Gasteiger partial charge in [-0.05, 0) is 66.9 Å². The van der Waals surface area contributed by atoms with Crippen LogP contribution in [0, 0.1) is 13.8 Å². The van der Waals surface area contributed by atoms with Gasteiger partial charge in [0, 0.05) is 41.5 Å². The third-order valence-electron chi connectivity index (χ3n) is 5.50. The number of aryl methyl sites for hydroxylation is 2. The molecule has 0 aliphatic heterocycles. The Bertz CT molecular complexity index is 1410. The highest BCUT2D eigenvalue weighted by atomic mass is 35.5. The monoisotopic (exact) mass is 475 g/mol. The highest BCUT2D eigenvalue weighted by molar-refractivity contribution is 6.33. The zero-order valence-corrected chi connectivity index (χ0v) is 19.3. The molecule has 1 aromatic carbocycles. The number of fused-ring (bicyclic) bond motifs is 1. The molecule has 0 unspecified atom stereocenters. The summed E-state index contributed by atoms with van der Waals surface area (Å²) >= 11 is 6.06. The smallest absolute Gasteiger partial charge is 0.356 e. The number of hydrogen-bond acceptors (Lipinski definition) is 6. The molecule has 34 heavy (non-hydrogen) atoms. The predicted octanol–water partition coefficient (Wildman–Crippen LogP) is 4.10. The number of carboxylic acid groups (broad SMARTS) is 1. The Kier molecular flexibility index (Phi) is 6.43. The minimum Gasteiger partial charge on any atom is -0.476 e. The van der Waals surface area contributed by atoms with Crippen LogP contribution in [0.25, 0.3) is 10.9 Å². The minimum atomic E-state index is -1.17. The van der Waals surface area contributed by atoms with Crippen molar-refractivity contribution in [2.45, 2.75) is 26.8 Å². The van der Waals surface area contributed by atoms with E-state index in [-0.39, 0.29) is 16.6 Å². The van der Waals surface area contributed by atoms with Crippen LogP contribution in [0.2, 0.25) is 5.02 Å². The van der Waals surface area contributed by atoms with Gasteiger partial charge in [0.05, 0.1) is 10.5 Å². The molecular weight excluding hydrogens is 454 g/mol. The SMILES string of the molecule is Cc1cc(N)nc(C)c1CNC(=O)c1ccnc(Cc2ccc3nc(C(=O)O)c(Cl)cc3c2)c1. The lowest BCUT2D eigenvalue weighted by Crippen LogP contribution is -2.24. The van der Waals surface area contributed by atoms with Gasteiger partial charge in [-0.3, -0.25) is 9.78 Å². The Labute approximate surface area is 200 Å². The van der Waals surface area contributed by atoms with Crippen LogP contribution in [-0.2, 0) is 13.0 Å². The third-order valence-corrected chi connectivity index (χ3v) is 5.79. The first-order valence-corrected chi connectivity index (χ1v) is 10.9. The third kappa shape index (κ3) is 4.97. The van der Waals surface area contributed by atoms with E-state index in [4.69, 9.17) is 17.3 Å². The fourth-order valence-corrected chi connectivity index (χ4v) is 4.05. The number of hydrogen-bond donors (Lipinski definition) is 3. The summed E-state index contributed by atoms with van der Waals surface area (Å²) in [5.74, 6) is -0.930. The Balaban J connectivity index is 1.50. The van der Waals surface area contributed by atoms with Crippen molar-refractivity contribution < 1.29 is 14.7 Å². The molecule has 0 aliphatic carbocycles. The molecule has 0 saturated heterocycles. The number of nitrogen functional groups attached to an aromatic ring is 1. The molecule has 0 aliphatic rings. The second-order valence-electron chi connectivity index (χ2n) is 7.97. The van der Waals surface area contributed by atoms with Gasteiger partial charge in [-0.1, -0.05) is 17.7 Å². The summed E-state index contributed by atoms with van der Waals surface area (Å²) in [7, 11) is 0. The molecule has 4 aromatic rings. The molecule has 172 valence electrons. The molecular formula is C25H22ClN5O3. The topological polar surface area (TPSA) is 131 Å². The number of nitrogens with two attached hydrogens (primary N) is 1. The predicted molar refractivity (Wildman–Crippen MR) is 130 cm³/mol. The summed E-state index contributed by atoms with van der Waals surface area (Å²) in [6.07, 6.45) is 2.08. The molecule has 0 bridgehead atoms. The maximum atomic E-state index is 12.8. The van der Waals surface area contributed by atoms with Crippen LogP contribution < -0.4 is 11.1 Å². The van der Waals surface area contributed by atoms with Gasteiger partial charge >= 0.3 is 5.97 Å². The number of nitrogens with zero attached hydrogens (tertiary/aromatic N) is 3. The van der Waals surface area contributed by atoms with E-state index >= 15 is 0 Å². The first-order valence-electron chi connectivity index (χ1n) is 10.5. The second kappa shape index (κ2) is 9.44. The van der Waals surface area contributed by atoms with E-state index < -0.39 is 5.97 Å². The van der Waals surface area contributed by atoms with Gasteiger partial charge in [0.2, 0.25) is 0 Å². The summed E-state index contributed by atoms with van der Waals surface area (Å²) in [4.78, 5) is 36.8. The van der Waals surface area contributed by atoms with Crippen molar-refractivity contribution in [3.63, 3.8) is 0 Å². The lowest BCUT2D eigenvalue weighted by molar-refractivity contribution is 0.0691. The van der Waals surface area contributed by atoms with Crippen molar-refractivity contribution in [2.75, 3.05) is 5.73 Å². The first-order chi connectivity index (χ1) is 16.2. The lowest BCUT2D eigenvalue weighted by atomic mass is 10.0. The molecule has 1 amide bonds. The highest BCUT2D eigenvalue weighted by Gasteiger charge is 2.13. The van der Waals surface area contributed by atoms with Gasteiger partial charge in [0.15, 0.2) is 5.69 Å². The summed E-state index contributed by atoms with van der Waals surface area (Å²) in [5.41, 5.74) is 11.0. The van der Waals surface area contributed by atoms with Crippen LogP contribution in [0.1, 0.15) is 48.9 Å². The molecule has 4 N–H and O–H groups in total. The van der Waals surface area contributed by atoms with E-state index in [1.807, 2.05) is 26.0 Å². The zero-order chi connectivity index (χ0) is 24.4. The quantitative estimate of drug-likeness (QED) is 0.382. The standard InChI is InChI=1S/C25H22ClN5O3/c1-13-7-22(27)30-14(2)19(13)12-29-24(32)16-5-6-28-18(10-16)9-15-3-4-21-17(8-15)11-20(26)23(31-21)25(33)34/h3-8,10-11H,9,12H2,1-2H3,(H2,27,30)(H,29,32)(H,33,34). The van der Waals surface area contributed by atoms with Gasteiger partial charge in [0.25, 0.3) is 5.91 Å². The Morgan fingerprint density at radius 3 is 2.62 bits per heavy atom. The summed E-state index contributed by atoms with van der Waals surface area (Å²) < 4.78 is 0. The van der Waals surface area contributed by atoms with Crippen LogP contribution in [0.15, 0.2) is 48.7 Å². The largest absolute Gasteiger partial charge is 0.476 e. The summed E-state index contributed by atoms with van der Waals surface area (Å²) in [5, 5.41) is 12.9. The average molecular weight is 476 g/mol. The molecule has 3 heterocycles. The fourth-order valence-electron chi connectivity index (χ4n) is 3.81. The van der Waals surface area contributed by atoms with Crippen LogP contribution in [0.3, 0.4) is 0 Å². The maximum absolute atomic E-state index is 12.8. The fraction of sp³-hybridized carbons (Fsp3) is 0.160. The number of benzene rings is 1. The normalized spacial score (nSPS) is 10.9. The number of amides is 1. The summed E-state index contributed by atoms with van der Waals surface area (Å²) in [6, 6.07) is 12.3. The maximum Gasteiger partial charge on any atom is 0.356 e. The number of nitrogens with one attached hydrogen (secondary N) is 1. The van der Waals surface area contributed by atoms with Gasteiger partial charge in [-0.15, -0.1) is 0 Å².